The van der Waals surface area contributed by atoms with Gasteiger partial charge in [-0.3, -0.25) is 28.8 Å². The molecule has 2 atom stereocenters. The number of carbonyl (C=O) groups is 6. The molecule has 0 aliphatic carbocycles. The number of azo groups is 2. The van der Waals surface area contributed by atoms with Crippen LogP contribution in [0.2, 0.25) is 20.1 Å². The van der Waals surface area contributed by atoms with Gasteiger partial charge in [0, 0.05) is 11.4 Å². The number of hydrogen-bond donors (Lipinski definition) is 4. The van der Waals surface area contributed by atoms with Crippen LogP contribution >= 0.6 is 46.4 Å². The smallest absolute Gasteiger partial charge is 0.323 e. The highest BCUT2D eigenvalue weighted by molar-refractivity contribution is 6.38. The average molecular weight is 1050 g/mol. The highest BCUT2D eigenvalue weighted by Crippen LogP contribution is 2.41. The van der Waals surface area contributed by atoms with Gasteiger partial charge in [0.25, 0.3) is 23.6 Å². The van der Waals surface area contributed by atoms with Gasteiger partial charge in [0.2, 0.25) is 12.1 Å². The summed E-state index contributed by atoms with van der Waals surface area (Å²) >= 11 is 24.7. The van der Waals surface area contributed by atoms with Gasteiger partial charge in [-0.05, 0) is 98.5 Å². The van der Waals surface area contributed by atoms with Crippen molar-refractivity contribution in [3.05, 3.63) is 138 Å². The van der Waals surface area contributed by atoms with Crippen LogP contribution in [0.1, 0.15) is 70.7 Å². The first kappa shape index (κ1) is 54.2. The summed E-state index contributed by atoms with van der Waals surface area (Å²) in [6, 6.07) is 13.3. The third-order valence-electron chi connectivity index (χ3n) is 9.99. The van der Waals surface area contributed by atoms with Crippen molar-refractivity contribution in [2.75, 3.05) is 21.3 Å². The van der Waals surface area contributed by atoms with Crippen LogP contribution in [0.5, 0.6) is 0 Å². The van der Waals surface area contributed by atoms with E-state index in [2.05, 4.69) is 41.7 Å². The molecule has 0 aromatic heterocycles. The molecule has 24 heteroatoms. The number of aryl methyl sites for hydroxylation is 2. The Hall–Kier alpha value is -6.74. The molecule has 366 valence electrons. The molecule has 0 bridgehead atoms. The van der Waals surface area contributed by atoms with Gasteiger partial charge in [0.1, 0.15) is 11.4 Å². The number of rotatable bonds is 16. The van der Waals surface area contributed by atoms with Crippen LogP contribution in [-0.2, 0) is 44.4 Å². The summed E-state index contributed by atoms with van der Waals surface area (Å²) < 4.78 is 80.3. The number of benzene rings is 5. The molecular formula is C46H36Cl4F6N8O6. The molecule has 5 aromatic carbocycles. The third kappa shape index (κ3) is 12.9. The fraction of sp³-hybridized carbons (Fsp3) is 0.217. The van der Waals surface area contributed by atoms with Gasteiger partial charge in [-0.25, -0.2) is 0 Å². The molecule has 0 fully saturated rings. The molecule has 0 radical (unpaired) electrons. The van der Waals surface area contributed by atoms with E-state index in [0.29, 0.717) is 11.1 Å². The fourth-order valence-corrected chi connectivity index (χ4v) is 7.46. The van der Waals surface area contributed by atoms with E-state index in [-0.39, 0.29) is 68.1 Å². The number of anilines is 4. The summed E-state index contributed by atoms with van der Waals surface area (Å²) in [5, 5.41) is 23.4. The minimum absolute atomic E-state index is 0.170. The summed E-state index contributed by atoms with van der Waals surface area (Å²) in [5.41, 5.74) is -2.51. The van der Waals surface area contributed by atoms with Crippen molar-refractivity contribution < 1.29 is 55.1 Å². The van der Waals surface area contributed by atoms with Crippen molar-refractivity contribution >= 4 is 116 Å². The Bertz CT molecular complexity index is 2770. The molecule has 0 saturated carbocycles. The molecule has 2 unspecified atom stereocenters. The predicted octanol–water partition coefficient (Wildman–Crippen LogP) is 13.3. The van der Waals surface area contributed by atoms with Crippen molar-refractivity contribution in [1.29, 1.82) is 0 Å². The summed E-state index contributed by atoms with van der Waals surface area (Å²) in [6.07, 6.45) is -9.06. The van der Waals surface area contributed by atoms with Gasteiger partial charge >= 0.3 is 12.4 Å². The van der Waals surface area contributed by atoms with Crippen molar-refractivity contribution in [3.63, 3.8) is 0 Å². The highest BCUT2D eigenvalue weighted by atomic mass is 35.5. The largest absolute Gasteiger partial charge is 0.417 e. The van der Waals surface area contributed by atoms with Crippen LogP contribution in [-0.4, -0.2) is 47.3 Å². The van der Waals surface area contributed by atoms with Gasteiger partial charge in [0.15, 0.2) is 11.6 Å². The Morgan fingerprint density at radius 2 is 0.843 bits per heavy atom. The summed E-state index contributed by atoms with van der Waals surface area (Å²) in [5.74, 6) is -5.25. The molecule has 0 aliphatic heterocycles. The lowest BCUT2D eigenvalue weighted by atomic mass is 10.0. The van der Waals surface area contributed by atoms with E-state index in [1.807, 2.05) is 0 Å². The van der Waals surface area contributed by atoms with Crippen LogP contribution < -0.4 is 21.3 Å². The first-order valence-corrected chi connectivity index (χ1v) is 21.9. The number of amides is 4. The van der Waals surface area contributed by atoms with E-state index in [1.165, 1.54) is 48.5 Å². The Morgan fingerprint density at radius 1 is 0.500 bits per heavy atom. The van der Waals surface area contributed by atoms with Gasteiger partial charge in [-0.2, -0.15) is 46.8 Å². The minimum atomic E-state index is -4.80. The maximum atomic E-state index is 13.6. The van der Waals surface area contributed by atoms with E-state index in [4.69, 9.17) is 46.4 Å². The number of alkyl halides is 6. The predicted molar refractivity (Wildman–Crippen MR) is 252 cm³/mol. The quantitative estimate of drug-likeness (QED) is 0.0430. The normalized spacial score (nSPS) is 12.7. The van der Waals surface area contributed by atoms with Crippen molar-refractivity contribution in [1.82, 2.24) is 0 Å². The second-order valence-electron chi connectivity index (χ2n) is 14.8. The van der Waals surface area contributed by atoms with E-state index < -0.39 is 80.8 Å². The molecule has 14 nitrogen and oxygen atoms in total. The molecule has 0 heterocycles. The standard InChI is InChI=1S/C46H36Cl4F6N8O6/c1-5-23-19-34(60-44(70)40(22(4)66)64-62-32-18-8-12-26(36(32)48)42(68)58-30-16-10-14-28(38(30)50)46(54,55)56)24(6-2)20-33(23)59-43(69)39(21(3)65)63-61-31-17-7-11-25(35(31)47)41(67)57-29-15-9-13-27(37(29)49)45(51,52)53/h7-20,39-40H,5-6H2,1-4H3,(H,57,67)(H,58,68)(H,59,69)(H,60,70). The molecule has 0 aliphatic rings. The van der Waals surface area contributed by atoms with Crippen LogP contribution in [0.15, 0.2) is 105 Å². The zero-order chi connectivity index (χ0) is 51.8. The lowest BCUT2D eigenvalue weighted by molar-refractivity contribution is -0.138. The number of halogens is 10. The SMILES string of the molecule is CCc1cc(NC(=O)C(N=Nc2cccc(C(=O)Nc3cccc(C(F)(F)F)c3Cl)c2Cl)C(C)=O)c(CC)cc1NC(=O)C(N=Nc1cccc(C(=O)Nc2cccc(C(F)(F)F)c2Cl)c1Cl)C(C)=O. The molecule has 4 N–H and O–H groups in total. The van der Waals surface area contributed by atoms with Crippen molar-refractivity contribution in [2.24, 2.45) is 20.5 Å². The van der Waals surface area contributed by atoms with Gasteiger partial charge in [-0.15, -0.1) is 0 Å². The monoisotopic (exact) mass is 1050 g/mol. The Balaban J connectivity index is 1.32. The van der Waals surface area contributed by atoms with E-state index in [9.17, 15) is 55.1 Å². The zero-order valence-corrected chi connectivity index (χ0v) is 39.7. The van der Waals surface area contributed by atoms with E-state index >= 15 is 0 Å². The summed E-state index contributed by atoms with van der Waals surface area (Å²) in [4.78, 5) is 78.9. The number of nitrogens with zero attached hydrogens (tertiary/aromatic N) is 4. The van der Waals surface area contributed by atoms with Crippen LogP contribution in [0, 0.1) is 0 Å². The van der Waals surface area contributed by atoms with Gasteiger partial charge < -0.3 is 21.3 Å². The van der Waals surface area contributed by atoms with Crippen LogP contribution in [0.3, 0.4) is 0 Å². The molecule has 5 aromatic rings. The second-order valence-corrected chi connectivity index (χ2v) is 16.3. The molecule has 5 rings (SSSR count). The van der Waals surface area contributed by atoms with E-state index in [0.717, 1.165) is 50.2 Å². The zero-order valence-electron chi connectivity index (χ0n) is 36.7. The highest BCUT2D eigenvalue weighted by Gasteiger charge is 2.36. The van der Waals surface area contributed by atoms with Crippen molar-refractivity contribution in [3.8, 4) is 0 Å². The first-order chi connectivity index (χ1) is 32.9. The fourth-order valence-electron chi connectivity index (χ4n) is 6.40. The molecular weight excluding hydrogens is 1020 g/mol. The molecule has 0 saturated heterocycles. The summed E-state index contributed by atoms with van der Waals surface area (Å²) in [6.45, 7) is 5.62. The number of Topliss-reactive ketones (excluding diaryl/α,β-unsaturated/α-hetero) is 2. The molecule has 0 spiro atoms. The average Bonchev–Trinajstić information content (AvgIpc) is 3.28. The third-order valence-corrected chi connectivity index (χ3v) is 11.6. The number of nitrogens with one attached hydrogen (secondary N) is 4. The molecule has 70 heavy (non-hydrogen) atoms. The molecule has 4 amide bonds. The van der Waals surface area contributed by atoms with E-state index in [1.54, 1.807) is 13.8 Å². The lowest BCUT2D eigenvalue weighted by Gasteiger charge is -2.18. The lowest BCUT2D eigenvalue weighted by Crippen LogP contribution is -2.33. The number of hydrogen-bond acceptors (Lipinski definition) is 10. The van der Waals surface area contributed by atoms with Gasteiger partial charge in [0.05, 0.1) is 53.7 Å². The summed E-state index contributed by atoms with van der Waals surface area (Å²) in [7, 11) is 0. The maximum Gasteiger partial charge on any atom is 0.417 e. The van der Waals surface area contributed by atoms with Gasteiger partial charge in [-0.1, -0.05) is 84.5 Å². The second kappa shape index (κ2) is 22.8. The van der Waals surface area contributed by atoms with Crippen LogP contribution in [0.4, 0.5) is 60.5 Å². The topological polar surface area (TPSA) is 200 Å². The van der Waals surface area contributed by atoms with Crippen LogP contribution in [0.25, 0.3) is 0 Å². The Morgan fingerprint density at radius 3 is 1.16 bits per heavy atom. The Kier molecular flexibility index (Phi) is 17.6. The first-order valence-electron chi connectivity index (χ1n) is 20.4. The minimum Gasteiger partial charge on any atom is -0.323 e. The maximum absolute atomic E-state index is 13.6. The number of ketones is 2. The van der Waals surface area contributed by atoms with Crippen molar-refractivity contribution in [2.45, 2.75) is 65.0 Å². The number of carbonyl (C=O) groups excluding carboxylic acids is 6. The Labute approximate surface area is 414 Å².